The van der Waals surface area contributed by atoms with Gasteiger partial charge in [0.25, 0.3) is 0 Å². The van der Waals surface area contributed by atoms with E-state index in [0.29, 0.717) is 11.0 Å². The van der Waals surface area contributed by atoms with Crippen molar-refractivity contribution < 1.29 is 13.5 Å². The van der Waals surface area contributed by atoms with E-state index >= 15 is 0 Å². The summed E-state index contributed by atoms with van der Waals surface area (Å²) in [6, 6.07) is 12.0. The maximum Gasteiger partial charge on any atom is 0.199 e. The van der Waals surface area contributed by atoms with Crippen molar-refractivity contribution in [1.82, 2.24) is 0 Å². The third kappa shape index (κ3) is 3.33. The monoisotopic (exact) mass is 327 g/mol. The van der Waals surface area contributed by atoms with Gasteiger partial charge in [-0.05, 0) is 23.8 Å². The number of benzene rings is 2. The SMILES string of the molecule is O=S(=O)(/C=C(\[O-])c1ccccc1)c1ccc(Cl)c(Cl)c1. The van der Waals surface area contributed by atoms with Crippen LogP contribution in [0.2, 0.25) is 10.0 Å². The lowest BCUT2D eigenvalue weighted by Gasteiger charge is -2.12. The second kappa shape index (κ2) is 5.87. The van der Waals surface area contributed by atoms with Gasteiger partial charge in [-0.1, -0.05) is 59.3 Å². The van der Waals surface area contributed by atoms with Gasteiger partial charge in [-0.2, -0.15) is 0 Å². The van der Waals surface area contributed by atoms with Crippen molar-refractivity contribution in [2.24, 2.45) is 0 Å². The van der Waals surface area contributed by atoms with E-state index in [4.69, 9.17) is 23.2 Å². The molecule has 0 fully saturated rings. The third-order valence-corrected chi connectivity index (χ3v) is 4.71. The molecule has 0 atom stereocenters. The predicted octanol–water partition coefficient (Wildman–Crippen LogP) is 3.13. The van der Waals surface area contributed by atoms with Crippen LogP contribution in [0.5, 0.6) is 0 Å². The van der Waals surface area contributed by atoms with Gasteiger partial charge in [-0.3, -0.25) is 0 Å². The van der Waals surface area contributed by atoms with Crippen LogP contribution in [-0.2, 0) is 9.84 Å². The fourth-order valence-corrected chi connectivity index (χ4v) is 2.99. The van der Waals surface area contributed by atoms with Crippen LogP contribution in [0.4, 0.5) is 0 Å². The molecule has 2 aromatic carbocycles. The van der Waals surface area contributed by atoms with Crippen LogP contribution >= 0.6 is 23.2 Å². The molecule has 0 bridgehead atoms. The topological polar surface area (TPSA) is 57.2 Å². The third-order valence-electron chi connectivity index (χ3n) is 2.54. The van der Waals surface area contributed by atoms with Crippen molar-refractivity contribution in [2.45, 2.75) is 4.90 Å². The molecular formula is C14H9Cl2O3S-. The first-order valence-electron chi connectivity index (χ1n) is 5.54. The Morgan fingerprint density at radius 2 is 1.65 bits per heavy atom. The summed E-state index contributed by atoms with van der Waals surface area (Å²) in [4.78, 5) is -0.0730. The Balaban J connectivity index is 2.43. The molecule has 0 saturated carbocycles. The zero-order valence-electron chi connectivity index (χ0n) is 10.1. The fourth-order valence-electron chi connectivity index (χ4n) is 1.53. The minimum absolute atomic E-state index is 0.0730. The Kier molecular flexibility index (Phi) is 4.38. The van der Waals surface area contributed by atoms with Crippen molar-refractivity contribution in [3.63, 3.8) is 0 Å². The first-order valence-corrected chi connectivity index (χ1v) is 7.84. The highest BCUT2D eigenvalue weighted by atomic mass is 35.5. The smallest absolute Gasteiger partial charge is 0.199 e. The Morgan fingerprint density at radius 3 is 2.25 bits per heavy atom. The van der Waals surface area contributed by atoms with Gasteiger partial charge in [0.05, 0.1) is 14.9 Å². The van der Waals surface area contributed by atoms with E-state index in [2.05, 4.69) is 0 Å². The molecule has 0 aromatic heterocycles. The molecule has 2 aromatic rings. The van der Waals surface area contributed by atoms with Crippen molar-refractivity contribution in [3.05, 3.63) is 69.5 Å². The van der Waals surface area contributed by atoms with Gasteiger partial charge in [0, 0.05) is 5.41 Å². The minimum Gasteiger partial charge on any atom is -0.872 e. The second-order valence-corrected chi connectivity index (χ2v) is 6.58. The molecule has 3 nitrogen and oxygen atoms in total. The quantitative estimate of drug-likeness (QED) is 0.814. The molecule has 0 aliphatic rings. The summed E-state index contributed by atoms with van der Waals surface area (Å²) in [5.41, 5.74) is 0.302. The average Bonchev–Trinajstić information content (AvgIpc) is 2.42. The van der Waals surface area contributed by atoms with Crippen LogP contribution in [0.1, 0.15) is 5.56 Å². The van der Waals surface area contributed by atoms with Crippen LogP contribution in [0, 0.1) is 0 Å². The molecule has 0 heterocycles. The highest BCUT2D eigenvalue weighted by molar-refractivity contribution is 7.94. The Hall–Kier alpha value is -1.49. The maximum atomic E-state index is 12.1. The summed E-state index contributed by atoms with van der Waals surface area (Å²) >= 11 is 11.5. The van der Waals surface area contributed by atoms with Crippen LogP contribution in [0.3, 0.4) is 0 Å². The largest absolute Gasteiger partial charge is 0.872 e. The van der Waals surface area contributed by atoms with Gasteiger partial charge in [-0.25, -0.2) is 8.42 Å². The molecule has 20 heavy (non-hydrogen) atoms. The van der Waals surface area contributed by atoms with E-state index in [-0.39, 0.29) is 14.9 Å². The van der Waals surface area contributed by atoms with Crippen molar-refractivity contribution >= 4 is 38.8 Å². The van der Waals surface area contributed by atoms with Crippen LogP contribution < -0.4 is 5.11 Å². The highest BCUT2D eigenvalue weighted by Gasteiger charge is 2.12. The molecule has 104 valence electrons. The predicted molar refractivity (Wildman–Crippen MR) is 78.1 cm³/mol. The fraction of sp³-hybridized carbons (Fsp3) is 0. The zero-order chi connectivity index (χ0) is 14.8. The molecule has 0 saturated heterocycles. The number of hydrogen-bond donors (Lipinski definition) is 0. The molecule has 6 heteroatoms. The first kappa shape index (κ1) is 14.9. The Bertz CT molecular complexity index is 753. The molecule has 2 rings (SSSR count). The second-order valence-electron chi connectivity index (χ2n) is 3.97. The Labute approximate surface area is 127 Å². The van der Waals surface area contributed by atoms with Crippen molar-refractivity contribution in [1.29, 1.82) is 0 Å². The van der Waals surface area contributed by atoms with Crippen LogP contribution in [0.25, 0.3) is 5.76 Å². The highest BCUT2D eigenvalue weighted by Crippen LogP contribution is 2.26. The lowest BCUT2D eigenvalue weighted by Crippen LogP contribution is -2.06. The lowest BCUT2D eigenvalue weighted by atomic mass is 10.2. The molecule has 0 aliphatic carbocycles. The van der Waals surface area contributed by atoms with Gasteiger partial charge >= 0.3 is 0 Å². The Morgan fingerprint density at radius 1 is 1.00 bits per heavy atom. The lowest BCUT2D eigenvalue weighted by molar-refractivity contribution is -0.243. The molecular weight excluding hydrogens is 319 g/mol. The number of rotatable bonds is 3. The average molecular weight is 328 g/mol. The summed E-state index contributed by atoms with van der Waals surface area (Å²) in [6.45, 7) is 0. The summed E-state index contributed by atoms with van der Waals surface area (Å²) in [5.74, 6) is -0.586. The van der Waals surface area contributed by atoms with Crippen molar-refractivity contribution in [2.75, 3.05) is 0 Å². The zero-order valence-corrected chi connectivity index (χ0v) is 12.4. The van der Waals surface area contributed by atoms with Crippen molar-refractivity contribution in [3.8, 4) is 0 Å². The van der Waals surface area contributed by atoms with Crippen LogP contribution in [0.15, 0.2) is 58.8 Å². The van der Waals surface area contributed by atoms with E-state index < -0.39 is 15.6 Å². The summed E-state index contributed by atoms with van der Waals surface area (Å²) in [6.07, 6.45) is 0. The van der Waals surface area contributed by atoms with E-state index in [1.807, 2.05) is 0 Å². The molecule has 0 unspecified atom stereocenters. The summed E-state index contributed by atoms with van der Waals surface area (Å²) in [5, 5.41) is 12.9. The van der Waals surface area contributed by atoms with Crippen LogP contribution in [-0.4, -0.2) is 8.42 Å². The van der Waals surface area contributed by atoms with E-state index in [1.165, 1.54) is 18.2 Å². The number of hydrogen-bond acceptors (Lipinski definition) is 3. The normalized spacial score (nSPS) is 12.4. The first-order chi connectivity index (χ1) is 9.40. The number of halogens is 2. The summed E-state index contributed by atoms with van der Waals surface area (Å²) in [7, 11) is -3.86. The van der Waals surface area contributed by atoms with Gasteiger partial charge in [0.1, 0.15) is 0 Å². The van der Waals surface area contributed by atoms with Gasteiger partial charge < -0.3 is 5.11 Å². The minimum atomic E-state index is -3.86. The van der Waals surface area contributed by atoms with E-state index in [0.717, 1.165) is 0 Å². The van der Waals surface area contributed by atoms with Gasteiger partial charge in [-0.15, -0.1) is 0 Å². The molecule has 0 aliphatic heterocycles. The van der Waals surface area contributed by atoms with Gasteiger partial charge in [0.2, 0.25) is 0 Å². The number of sulfone groups is 1. The molecule has 0 N–H and O–H groups in total. The summed E-state index contributed by atoms with van der Waals surface area (Å²) < 4.78 is 24.2. The maximum absolute atomic E-state index is 12.1. The van der Waals surface area contributed by atoms with E-state index in [1.54, 1.807) is 30.3 Å². The molecule has 0 spiro atoms. The van der Waals surface area contributed by atoms with E-state index in [9.17, 15) is 13.5 Å². The molecule has 0 radical (unpaired) electrons. The van der Waals surface area contributed by atoms with Gasteiger partial charge in [0.15, 0.2) is 9.84 Å². The standard InChI is InChI=1S/C14H10Cl2O3S/c15-12-7-6-11(8-13(12)16)20(18,19)9-14(17)10-4-2-1-3-5-10/h1-9,17H/p-1/b14-9-. The molecule has 0 amide bonds.